The molecule has 7 nitrogen and oxygen atoms in total. The maximum atomic E-state index is 14.1. The molecule has 0 saturated carbocycles. The first-order chi connectivity index (χ1) is 14.9. The summed E-state index contributed by atoms with van der Waals surface area (Å²) in [6.45, 7) is 5.78. The lowest BCUT2D eigenvalue weighted by atomic mass is 9.97. The molecule has 2 saturated heterocycles. The zero-order chi connectivity index (χ0) is 22.0. The smallest absolute Gasteiger partial charge is 0.270 e. The monoisotopic (exact) mass is 426 g/mol. The van der Waals surface area contributed by atoms with Crippen molar-refractivity contribution in [1.29, 1.82) is 0 Å². The lowest BCUT2D eigenvalue weighted by molar-refractivity contribution is -0.384. The molecule has 0 atom stereocenters. The van der Waals surface area contributed by atoms with Crippen LogP contribution in [0.4, 0.5) is 21.5 Å². The van der Waals surface area contributed by atoms with Crippen molar-refractivity contribution in [2.45, 2.75) is 19.8 Å². The Morgan fingerprint density at radius 1 is 0.968 bits per heavy atom. The van der Waals surface area contributed by atoms with Crippen molar-refractivity contribution in [2.24, 2.45) is 5.92 Å². The third-order valence-electron chi connectivity index (χ3n) is 6.31. The minimum atomic E-state index is -0.463. The molecule has 4 rings (SSSR count). The van der Waals surface area contributed by atoms with Crippen molar-refractivity contribution in [3.63, 3.8) is 0 Å². The average molecular weight is 426 g/mol. The van der Waals surface area contributed by atoms with Gasteiger partial charge in [0.2, 0.25) is 0 Å². The second-order valence-electron chi connectivity index (χ2n) is 8.36. The van der Waals surface area contributed by atoms with E-state index in [0.717, 1.165) is 31.6 Å². The summed E-state index contributed by atoms with van der Waals surface area (Å²) in [6, 6.07) is 11.2. The maximum Gasteiger partial charge on any atom is 0.270 e. The van der Waals surface area contributed by atoms with Crippen LogP contribution in [0.15, 0.2) is 42.5 Å². The molecular formula is C23H27FN4O3. The van der Waals surface area contributed by atoms with Gasteiger partial charge in [-0.05, 0) is 37.0 Å². The summed E-state index contributed by atoms with van der Waals surface area (Å²) in [7, 11) is 0. The number of halogens is 1. The van der Waals surface area contributed by atoms with Crippen molar-refractivity contribution in [3.8, 4) is 0 Å². The van der Waals surface area contributed by atoms with Gasteiger partial charge in [0.05, 0.1) is 21.9 Å². The number of hydrogen-bond donors (Lipinski definition) is 0. The highest BCUT2D eigenvalue weighted by atomic mass is 19.1. The molecule has 2 aromatic carbocycles. The third kappa shape index (κ3) is 4.47. The Morgan fingerprint density at radius 3 is 2.26 bits per heavy atom. The Labute approximate surface area is 181 Å². The molecule has 0 spiro atoms. The SMILES string of the molecule is CC1CCN(c2ccc([N+](=O)[O-])cc2C(=O)N2CCN(c3ccccc3F)CC2)CC1. The number of benzene rings is 2. The maximum absolute atomic E-state index is 14.1. The molecule has 2 aromatic rings. The summed E-state index contributed by atoms with van der Waals surface area (Å²) >= 11 is 0. The highest BCUT2D eigenvalue weighted by Crippen LogP contribution is 2.31. The second kappa shape index (κ2) is 8.91. The van der Waals surface area contributed by atoms with Gasteiger partial charge in [0.15, 0.2) is 0 Å². The summed E-state index contributed by atoms with van der Waals surface area (Å²) < 4.78 is 14.1. The van der Waals surface area contributed by atoms with E-state index in [9.17, 15) is 19.3 Å². The summed E-state index contributed by atoms with van der Waals surface area (Å²) in [5, 5.41) is 11.3. The zero-order valence-electron chi connectivity index (χ0n) is 17.7. The number of para-hydroxylation sites is 1. The number of carbonyl (C=O) groups is 1. The Hall–Kier alpha value is -3.16. The number of carbonyl (C=O) groups excluding carboxylic acids is 1. The van der Waals surface area contributed by atoms with Crippen LogP contribution in [-0.4, -0.2) is 55.0 Å². The molecule has 0 N–H and O–H groups in total. The third-order valence-corrected chi connectivity index (χ3v) is 6.31. The predicted octanol–water partition coefficient (Wildman–Crippen LogP) is 3.93. The lowest BCUT2D eigenvalue weighted by Crippen LogP contribution is -2.49. The first kappa shape index (κ1) is 21.1. The fourth-order valence-corrected chi connectivity index (χ4v) is 4.36. The Morgan fingerprint density at radius 2 is 1.61 bits per heavy atom. The number of nitrogens with zero attached hydrogens (tertiary/aromatic N) is 4. The first-order valence-corrected chi connectivity index (χ1v) is 10.8. The zero-order valence-corrected chi connectivity index (χ0v) is 17.7. The minimum Gasteiger partial charge on any atom is -0.371 e. The van der Waals surface area contributed by atoms with E-state index < -0.39 is 4.92 Å². The van der Waals surface area contributed by atoms with E-state index in [4.69, 9.17) is 0 Å². The number of rotatable bonds is 4. The van der Waals surface area contributed by atoms with Crippen LogP contribution in [0.1, 0.15) is 30.1 Å². The van der Waals surface area contributed by atoms with Crippen LogP contribution in [0.3, 0.4) is 0 Å². The molecule has 0 radical (unpaired) electrons. The van der Waals surface area contributed by atoms with Crippen LogP contribution in [0.2, 0.25) is 0 Å². The molecule has 0 aromatic heterocycles. The van der Waals surface area contributed by atoms with Crippen molar-refractivity contribution < 1.29 is 14.1 Å². The van der Waals surface area contributed by atoms with Crippen LogP contribution in [-0.2, 0) is 0 Å². The fraction of sp³-hybridized carbons (Fsp3) is 0.435. The lowest BCUT2D eigenvalue weighted by Gasteiger charge is -2.37. The van der Waals surface area contributed by atoms with E-state index in [2.05, 4.69) is 11.8 Å². The number of piperazine rings is 1. The van der Waals surface area contributed by atoms with Crippen LogP contribution >= 0.6 is 0 Å². The predicted molar refractivity (Wildman–Crippen MR) is 118 cm³/mol. The number of hydrogen-bond acceptors (Lipinski definition) is 5. The fourth-order valence-electron chi connectivity index (χ4n) is 4.36. The molecule has 0 bridgehead atoms. The van der Waals surface area contributed by atoms with Gasteiger partial charge in [0, 0.05) is 51.4 Å². The molecule has 2 aliphatic rings. The van der Waals surface area contributed by atoms with Gasteiger partial charge < -0.3 is 14.7 Å². The molecule has 2 aliphatic heterocycles. The molecule has 2 fully saturated rings. The van der Waals surface area contributed by atoms with E-state index in [1.165, 1.54) is 18.2 Å². The molecular weight excluding hydrogens is 399 g/mol. The number of nitro benzene ring substituents is 1. The van der Waals surface area contributed by atoms with Crippen molar-refractivity contribution in [3.05, 3.63) is 64.0 Å². The normalized spacial score (nSPS) is 17.7. The van der Waals surface area contributed by atoms with Crippen LogP contribution in [0.25, 0.3) is 0 Å². The van der Waals surface area contributed by atoms with Gasteiger partial charge in [-0.25, -0.2) is 4.39 Å². The molecule has 0 aliphatic carbocycles. The van der Waals surface area contributed by atoms with Gasteiger partial charge in [-0.15, -0.1) is 0 Å². The van der Waals surface area contributed by atoms with Gasteiger partial charge in [-0.3, -0.25) is 14.9 Å². The van der Waals surface area contributed by atoms with Crippen molar-refractivity contribution in [1.82, 2.24) is 4.90 Å². The number of piperidine rings is 1. The van der Waals surface area contributed by atoms with Gasteiger partial charge in [0.1, 0.15) is 5.82 Å². The average Bonchev–Trinajstić information content (AvgIpc) is 2.79. The number of anilines is 2. The van der Waals surface area contributed by atoms with Crippen LogP contribution in [0, 0.1) is 21.8 Å². The van der Waals surface area contributed by atoms with E-state index in [0.29, 0.717) is 43.3 Å². The summed E-state index contributed by atoms with van der Waals surface area (Å²) in [4.78, 5) is 30.1. The van der Waals surface area contributed by atoms with Gasteiger partial charge in [-0.1, -0.05) is 19.1 Å². The Kier molecular flexibility index (Phi) is 6.06. The number of amides is 1. The Balaban J connectivity index is 1.54. The number of non-ortho nitro benzene ring substituents is 1. The molecule has 8 heteroatoms. The van der Waals surface area contributed by atoms with E-state index in [1.807, 2.05) is 4.90 Å². The molecule has 1 amide bonds. The quantitative estimate of drug-likeness (QED) is 0.547. The number of nitro groups is 1. The van der Waals surface area contributed by atoms with E-state index >= 15 is 0 Å². The summed E-state index contributed by atoms with van der Waals surface area (Å²) in [5.41, 5.74) is 1.60. The molecule has 2 heterocycles. The standard InChI is InChI=1S/C23H27FN4O3/c1-17-8-10-25(11-9-17)21-7-6-18(28(30)31)16-19(21)23(29)27-14-12-26(13-15-27)22-5-3-2-4-20(22)24/h2-7,16-17H,8-15H2,1H3. The molecule has 0 unspecified atom stereocenters. The minimum absolute atomic E-state index is 0.0810. The summed E-state index contributed by atoms with van der Waals surface area (Å²) in [6.07, 6.45) is 2.07. The highest BCUT2D eigenvalue weighted by Gasteiger charge is 2.29. The van der Waals surface area contributed by atoms with Gasteiger partial charge in [0.25, 0.3) is 11.6 Å². The van der Waals surface area contributed by atoms with E-state index in [1.54, 1.807) is 29.2 Å². The molecule has 164 valence electrons. The van der Waals surface area contributed by atoms with Crippen LogP contribution in [0.5, 0.6) is 0 Å². The van der Waals surface area contributed by atoms with Crippen molar-refractivity contribution >= 4 is 23.0 Å². The second-order valence-corrected chi connectivity index (χ2v) is 8.36. The highest BCUT2D eigenvalue weighted by molar-refractivity contribution is 6.00. The van der Waals surface area contributed by atoms with Crippen LogP contribution < -0.4 is 9.80 Å². The van der Waals surface area contributed by atoms with E-state index in [-0.39, 0.29) is 17.4 Å². The summed E-state index contributed by atoms with van der Waals surface area (Å²) in [5.74, 6) is 0.160. The Bertz CT molecular complexity index is 967. The first-order valence-electron chi connectivity index (χ1n) is 10.8. The molecule has 31 heavy (non-hydrogen) atoms. The largest absolute Gasteiger partial charge is 0.371 e. The van der Waals surface area contributed by atoms with Gasteiger partial charge in [-0.2, -0.15) is 0 Å². The van der Waals surface area contributed by atoms with Gasteiger partial charge >= 0.3 is 0 Å². The topological polar surface area (TPSA) is 69.9 Å². The van der Waals surface area contributed by atoms with Crippen molar-refractivity contribution in [2.75, 3.05) is 49.1 Å².